The van der Waals surface area contributed by atoms with E-state index in [2.05, 4.69) is 10.6 Å². The molecule has 0 fully saturated rings. The first-order valence-corrected chi connectivity index (χ1v) is 10.7. The standard InChI is InChI=1S/C26H28N2O4/c1-3-31-23-15-14-20(18-24(23)32-4-2)25(29)28-22-13-9-8-12-21(22)26(30)27-17-16-19-10-6-5-7-11-19/h5-15,18H,3-4,16-17H2,1-2H3,(H,27,30)(H,28,29). The van der Waals surface area contributed by atoms with Crippen LogP contribution in [0.3, 0.4) is 0 Å². The van der Waals surface area contributed by atoms with E-state index >= 15 is 0 Å². The Hall–Kier alpha value is -3.80. The Kier molecular flexibility index (Phi) is 8.26. The summed E-state index contributed by atoms with van der Waals surface area (Å²) in [7, 11) is 0. The second-order valence-corrected chi connectivity index (χ2v) is 7.02. The van der Waals surface area contributed by atoms with Crippen molar-refractivity contribution in [3.63, 3.8) is 0 Å². The Morgan fingerprint density at radius 1 is 0.781 bits per heavy atom. The number of nitrogens with one attached hydrogen (secondary N) is 2. The summed E-state index contributed by atoms with van der Waals surface area (Å²) in [6.07, 6.45) is 0.730. The first kappa shape index (κ1) is 22.9. The molecule has 3 aromatic carbocycles. The third-order valence-electron chi connectivity index (χ3n) is 4.77. The van der Waals surface area contributed by atoms with Gasteiger partial charge in [-0.25, -0.2) is 0 Å². The maximum atomic E-state index is 12.9. The van der Waals surface area contributed by atoms with Gasteiger partial charge in [0.2, 0.25) is 0 Å². The molecule has 2 amide bonds. The van der Waals surface area contributed by atoms with Gasteiger partial charge in [0, 0.05) is 12.1 Å². The van der Waals surface area contributed by atoms with E-state index in [9.17, 15) is 9.59 Å². The molecule has 166 valence electrons. The lowest BCUT2D eigenvalue weighted by Gasteiger charge is -2.14. The van der Waals surface area contributed by atoms with Gasteiger partial charge >= 0.3 is 0 Å². The van der Waals surface area contributed by atoms with Gasteiger partial charge in [-0.05, 0) is 56.2 Å². The quantitative estimate of drug-likeness (QED) is 0.487. The molecule has 0 aliphatic heterocycles. The fourth-order valence-corrected chi connectivity index (χ4v) is 3.24. The zero-order valence-corrected chi connectivity index (χ0v) is 18.4. The number of amides is 2. The number of rotatable bonds is 10. The van der Waals surface area contributed by atoms with E-state index in [0.717, 1.165) is 12.0 Å². The van der Waals surface area contributed by atoms with E-state index in [-0.39, 0.29) is 11.8 Å². The highest BCUT2D eigenvalue weighted by Crippen LogP contribution is 2.29. The molecule has 0 heterocycles. The molecule has 0 bridgehead atoms. The summed E-state index contributed by atoms with van der Waals surface area (Å²) in [6, 6.07) is 21.9. The molecule has 0 aliphatic carbocycles. The van der Waals surface area contributed by atoms with Gasteiger partial charge in [0.25, 0.3) is 11.8 Å². The van der Waals surface area contributed by atoms with Crippen molar-refractivity contribution in [1.82, 2.24) is 5.32 Å². The number of hydrogen-bond donors (Lipinski definition) is 2. The Bertz CT molecular complexity index is 1050. The number of carbonyl (C=O) groups excluding carboxylic acids is 2. The third-order valence-corrected chi connectivity index (χ3v) is 4.77. The van der Waals surface area contributed by atoms with Gasteiger partial charge in [-0.15, -0.1) is 0 Å². The van der Waals surface area contributed by atoms with Gasteiger partial charge in [-0.2, -0.15) is 0 Å². The van der Waals surface area contributed by atoms with Gasteiger partial charge in [0.15, 0.2) is 11.5 Å². The minimum absolute atomic E-state index is 0.237. The first-order valence-electron chi connectivity index (χ1n) is 10.7. The van der Waals surface area contributed by atoms with Crippen LogP contribution in [0.4, 0.5) is 5.69 Å². The van der Waals surface area contributed by atoms with Crippen molar-refractivity contribution in [2.45, 2.75) is 20.3 Å². The van der Waals surface area contributed by atoms with Crippen LogP contribution in [0.5, 0.6) is 11.5 Å². The maximum absolute atomic E-state index is 12.9. The maximum Gasteiger partial charge on any atom is 0.255 e. The number of carbonyl (C=O) groups is 2. The molecule has 0 radical (unpaired) electrons. The van der Waals surface area contributed by atoms with Crippen LogP contribution in [0.2, 0.25) is 0 Å². The van der Waals surface area contributed by atoms with Crippen molar-refractivity contribution in [2.75, 3.05) is 25.1 Å². The number of para-hydroxylation sites is 1. The monoisotopic (exact) mass is 432 g/mol. The highest BCUT2D eigenvalue weighted by atomic mass is 16.5. The minimum atomic E-state index is -0.335. The van der Waals surface area contributed by atoms with Crippen molar-refractivity contribution in [3.8, 4) is 11.5 Å². The third kappa shape index (κ3) is 6.11. The number of ether oxygens (including phenoxy) is 2. The van der Waals surface area contributed by atoms with Crippen LogP contribution in [0.1, 0.15) is 40.1 Å². The molecule has 6 nitrogen and oxygen atoms in total. The smallest absolute Gasteiger partial charge is 0.255 e. The van der Waals surface area contributed by atoms with Crippen molar-refractivity contribution >= 4 is 17.5 Å². The summed E-state index contributed by atoms with van der Waals surface area (Å²) in [6.45, 7) is 5.21. The van der Waals surface area contributed by atoms with Gasteiger partial charge in [0.1, 0.15) is 0 Å². The molecule has 0 spiro atoms. The molecular weight excluding hydrogens is 404 g/mol. The Balaban J connectivity index is 1.69. The fraction of sp³-hybridized carbons (Fsp3) is 0.231. The van der Waals surface area contributed by atoms with Crippen molar-refractivity contribution in [2.24, 2.45) is 0 Å². The topological polar surface area (TPSA) is 76.7 Å². The lowest BCUT2D eigenvalue weighted by Crippen LogP contribution is -2.27. The van der Waals surface area contributed by atoms with Gasteiger partial charge < -0.3 is 20.1 Å². The summed E-state index contributed by atoms with van der Waals surface area (Å²) in [5.74, 6) is 0.523. The zero-order valence-electron chi connectivity index (χ0n) is 18.4. The predicted molar refractivity (Wildman–Crippen MR) is 126 cm³/mol. The molecule has 0 saturated carbocycles. The largest absolute Gasteiger partial charge is 0.490 e. The van der Waals surface area contributed by atoms with Crippen LogP contribution in [0.15, 0.2) is 72.8 Å². The Morgan fingerprint density at radius 2 is 1.47 bits per heavy atom. The average Bonchev–Trinajstić information content (AvgIpc) is 2.81. The normalized spacial score (nSPS) is 10.3. The van der Waals surface area contributed by atoms with E-state index in [4.69, 9.17) is 9.47 Å². The van der Waals surface area contributed by atoms with Crippen molar-refractivity contribution in [3.05, 3.63) is 89.5 Å². The number of benzene rings is 3. The SMILES string of the molecule is CCOc1ccc(C(=O)Nc2ccccc2C(=O)NCCc2ccccc2)cc1OCC. The molecule has 3 aromatic rings. The zero-order chi connectivity index (χ0) is 22.8. The molecule has 0 unspecified atom stereocenters. The second kappa shape index (κ2) is 11.6. The van der Waals surface area contributed by atoms with Gasteiger partial charge in [-0.1, -0.05) is 42.5 Å². The molecule has 0 aliphatic rings. The second-order valence-electron chi connectivity index (χ2n) is 7.02. The average molecular weight is 433 g/mol. The number of hydrogen-bond acceptors (Lipinski definition) is 4. The first-order chi connectivity index (χ1) is 15.6. The van der Waals surface area contributed by atoms with Crippen LogP contribution in [0.25, 0.3) is 0 Å². The lowest BCUT2D eigenvalue weighted by molar-refractivity contribution is 0.0955. The van der Waals surface area contributed by atoms with Crippen molar-refractivity contribution in [1.29, 1.82) is 0 Å². The summed E-state index contributed by atoms with van der Waals surface area (Å²) in [5, 5.41) is 5.76. The van der Waals surface area contributed by atoms with E-state index in [1.54, 1.807) is 42.5 Å². The van der Waals surface area contributed by atoms with Crippen LogP contribution in [-0.2, 0) is 6.42 Å². The highest BCUT2D eigenvalue weighted by Gasteiger charge is 2.16. The van der Waals surface area contributed by atoms with Crippen molar-refractivity contribution < 1.29 is 19.1 Å². The van der Waals surface area contributed by atoms with Crippen LogP contribution >= 0.6 is 0 Å². The molecule has 0 aromatic heterocycles. The molecule has 3 rings (SSSR count). The van der Waals surface area contributed by atoms with Gasteiger partial charge in [-0.3, -0.25) is 9.59 Å². The molecule has 0 saturated heterocycles. The summed E-state index contributed by atoms with van der Waals surface area (Å²) in [4.78, 5) is 25.6. The Labute approximate surface area is 188 Å². The van der Waals surface area contributed by atoms with Crippen LogP contribution in [0, 0.1) is 0 Å². The van der Waals surface area contributed by atoms with E-state index in [1.807, 2.05) is 44.2 Å². The molecule has 32 heavy (non-hydrogen) atoms. The summed E-state index contributed by atoms with van der Waals surface area (Å²) in [5.41, 5.74) is 2.41. The summed E-state index contributed by atoms with van der Waals surface area (Å²) >= 11 is 0. The molecule has 2 N–H and O–H groups in total. The number of anilines is 1. The summed E-state index contributed by atoms with van der Waals surface area (Å²) < 4.78 is 11.2. The minimum Gasteiger partial charge on any atom is -0.490 e. The lowest BCUT2D eigenvalue weighted by atomic mass is 10.1. The Morgan fingerprint density at radius 3 is 2.22 bits per heavy atom. The fourth-order valence-electron chi connectivity index (χ4n) is 3.24. The van der Waals surface area contributed by atoms with Gasteiger partial charge in [0.05, 0.1) is 24.5 Å². The predicted octanol–water partition coefficient (Wildman–Crippen LogP) is 4.71. The molecule has 0 atom stereocenters. The van der Waals surface area contributed by atoms with Crippen LogP contribution in [-0.4, -0.2) is 31.6 Å². The van der Waals surface area contributed by atoms with E-state index in [0.29, 0.717) is 48.1 Å². The molecular formula is C26H28N2O4. The highest BCUT2D eigenvalue weighted by molar-refractivity contribution is 6.09. The molecule has 6 heteroatoms. The van der Waals surface area contributed by atoms with E-state index < -0.39 is 0 Å². The van der Waals surface area contributed by atoms with E-state index in [1.165, 1.54) is 0 Å². The van der Waals surface area contributed by atoms with Crippen LogP contribution < -0.4 is 20.1 Å².